The summed E-state index contributed by atoms with van der Waals surface area (Å²) in [4.78, 5) is 4.43. The molecule has 0 aliphatic rings. The topological polar surface area (TPSA) is 24.9 Å². The predicted octanol–water partition coefficient (Wildman–Crippen LogP) is 4.19. The van der Waals surface area contributed by atoms with Crippen molar-refractivity contribution in [3.05, 3.63) is 42.1 Å². The molecule has 0 amide bonds. The third-order valence-electron chi connectivity index (χ3n) is 3.63. The van der Waals surface area contributed by atoms with Crippen molar-refractivity contribution in [2.75, 3.05) is 6.54 Å². The van der Waals surface area contributed by atoms with E-state index in [1.165, 1.54) is 17.4 Å². The maximum atomic E-state index is 4.43. The Labute approximate surface area is 122 Å². The molecule has 108 valence electrons. The van der Waals surface area contributed by atoms with Crippen LogP contribution in [-0.4, -0.2) is 17.1 Å². The van der Waals surface area contributed by atoms with E-state index in [-0.39, 0.29) is 5.54 Å². The van der Waals surface area contributed by atoms with Crippen LogP contribution in [0.3, 0.4) is 0 Å². The standard InChI is InChI=1S/C18H26N2/c1-14(13-20-18(2,3)4)9-10-15-11-12-19-17-8-6-5-7-16(15)17/h5-8,11-12,14,20H,9-10,13H2,1-4H3. The first-order valence-corrected chi connectivity index (χ1v) is 7.53. The van der Waals surface area contributed by atoms with Gasteiger partial charge in [-0.05, 0) is 63.8 Å². The second-order valence-electron chi connectivity index (χ2n) is 6.76. The number of pyridine rings is 1. The van der Waals surface area contributed by atoms with E-state index in [1.807, 2.05) is 6.20 Å². The van der Waals surface area contributed by atoms with Gasteiger partial charge in [0.05, 0.1) is 5.52 Å². The fraction of sp³-hybridized carbons (Fsp3) is 0.500. The molecule has 2 nitrogen and oxygen atoms in total. The molecule has 0 radical (unpaired) electrons. The zero-order valence-corrected chi connectivity index (χ0v) is 13.1. The van der Waals surface area contributed by atoms with Crippen molar-refractivity contribution in [3.63, 3.8) is 0 Å². The molecule has 0 saturated carbocycles. The molecule has 1 aromatic heterocycles. The van der Waals surface area contributed by atoms with Crippen LogP contribution >= 0.6 is 0 Å². The summed E-state index contributed by atoms with van der Waals surface area (Å²) in [6.45, 7) is 10.1. The summed E-state index contributed by atoms with van der Waals surface area (Å²) in [5, 5.41) is 4.88. The molecule has 0 saturated heterocycles. The Morgan fingerprint density at radius 1 is 1.15 bits per heavy atom. The van der Waals surface area contributed by atoms with Crippen molar-refractivity contribution in [3.8, 4) is 0 Å². The number of aromatic nitrogens is 1. The van der Waals surface area contributed by atoms with Crippen LogP contribution in [-0.2, 0) is 6.42 Å². The minimum absolute atomic E-state index is 0.206. The monoisotopic (exact) mass is 270 g/mol. The van der Waals surface area contributed by atoms with E-state index in [1.54, 1.807) is 0 Å². The molecule has 0 aliphatic carbocycles. The van der Waals surface area contributed by atoms with Crippen LogP contribution in [0.25, 0.3) is 10.9 Å². The third-order valence-corrected chi connectivity index (χ3v) is 3.63. The minimum atomic E-state index is 0.206. The van der Waals surface area contributed by atoms with Gasteiger partial charge in [-0.3, -0.25) is 4.98 Å². The molecule has 1 atom stereocenters. The highest BCUT2D eigenvalue weighted by atomic mass is 14.9. The van der Waals surface area contributed by atoms with Gasteiger partial charge in [-0.15, -0.1) is 0 Å². The van der Waals surface area contributed by atoms with E-state index in [2.05, 4.69) is 68.3 Å². The first kappa shape index (κ1) is 15.0. The Morgan fingerprint density at radius 3 is 2.65 bits per heavy atom. The molecule has 0 spiro atoms. The van der Waals surface area contributed by atoms with Crippen LogP contribution in [0.1, 0.15) is 39.7 Å². The number of aryl methyl sites for hydroxylation is 1. The zero-order valence-electron chi connectivity index (χ0n) is 13.1. The fourth-order valence-electron chi connectivity index (χ4n) is 2.36. The summed E-state index contributed by atoms with van der Waals surface area (Å²) in [7, 11) is 0. The molecule has 1 heterocycles. The fourth-order valence-corrected chi connectivity index (χ4v) is 2.36. The largest absolute Gasteiger partial charge is 0.312 e. The average molecular weight is 270 g/mol. The number of nitrogens with one attached hydrogen (secondary N) is 1. The van der Waals surface area contributed by atoms with Gasteiger partial charge in [0.1, 0.15) is 0 Å². The molecule has 1 N–H and O–H groups in total. The van der Waals surface area contributed by atoms with E-state index >= 15 is 0 Å². The highest BCUT2D eigenvalue weighted by Crippen LogP contribution is 2.19. The van der Waals surface area contributed by atoms with Crippen LogP contribution in [0.15, 0.2) is 36.5 Å². The minimum Gasteiger partial charge on any atom is -0.312 e. The summed E-state index contributed by atoms with van der Waals surface area (Å²) in [5.74, 6) is 0.682. The molecule has 0 fully saturated rings. The van der Waals surface area contributed by atoms with Gasteiger partial charge in [-0.1, -0.05) is 25.1 Å². The van der Waals surface area contributed by atoms with Crippen molar-refractivity contribution in [2.24, 2.45) is 5.92 Å². The van der Waals surface area contributed by atoms with E-state index in [9.17, 15) is 0 Å². The third kappa shape index (κ3) is 4.31. The second kappa shape index (κ2) is 6.36. The summed E-state index contributed by atoms with van der Waals surface area (Å²) >= 11 is 0. The van der Waals surface area contributed by atoms with E-state index in [4.69, 9.17) is 0 Å². The quantitative estimate of drug-likeness (QED) is 0.881. The molecule has 0 bridgehead atoms. The molecule has 2 aromatic rings. The predicted molar refractivity (Wildman–Crippen MR) is 87.0 cm³/mol. The van der Waals surface area contributed by atoms with Crippen LogP contribution < -0.4 is 5.32 Å². The number of benzene rings is 1. The van der Waals surface area contributed by atoms with Gasteiger partial charge in [0.2, 0.25) is 0 Å². The van der Waals surface area contributed by atoms with E-state index in [0.29, 0.717) is 5.92 Å². The van der Waals surface area contributed by atoms with Crippen molar-refractivity contribution in [1.29, 1.82) is 0 Å². The second-order valence-corrected chi connectivity index (χ2v) is 6.76. The average Bonchev–Trinajstić information content (AvgIpc) is 2.42. The normalized spacial score (nSPS) is 13.6. The van der Waals surface area contributed by atoms with Gasteiger partial charge in [0.15, 0.2) is 0 Å². The smallest absolute Gasteiger partial charge is 0.0704 e. The summed E-state index contributed by atoms with van der Waals surface area (Å²) in [5.41, 5.74) is 2.72. The molecule has 2 heteroatoms. The highest BCUT2D eigenvalue weighted by Gasteiger charge is 2.11. The summed E-state index contributed by atoms with van der Waals surface area (Å²) in [6.07, 6.45) is 4.25. The molecule has 0 aliphatic heterocycles. The van der Waals surface area contributed by atoms with Gasteiger partial charge in [-0.2, -0.15) is 0 Å². The molecular weight excluding hydrogens is 244 g/mol. The lowest BCUT2D eigenvalue weighted by Crippen LogP contribution is -2.38. The van der Waals surface area contributed by atoms with Gasteiger partial charge < -0.3 is 5.32 Å². The molecule has 2 rings (SSSR count). The maximum absolute atomic E-state index is 4.43. The van der Waals surface area contributed by atoms with Crippen LogP contribution in [0.4, 0.5) is 0 Å². The van der Waals surface area contributed by atoms with Crippen LogP contribution in [0.5, 0.6) is 0 Å². The number of hydrogen-bond acceptors (Lipinski definition) is 2. The first-order chi connectivity index (χ1) is 9.46. The summed E-state index contributed by atoms with van der Waals surface area (Å²) in [6, 6.07) is 10.6. The zero-order chi connectivity index (χ0) is 14.6. The maximum Gasteiger partial charge on any atom is 0.0704 e. The van der Waals surface area contributed by atoms with E-state index in [0.717, 1.165) is 18.5 Å². The van der Waals surface area contributed by atoms with Crippen molar-refractivity contribution in [2.45, 2.75) is 46.1 Å². The SMILES string of the molecule is CC(CCc1ccnc2ccccc12)CNC(C)(C)C. The van der Waals surface area contributed by atoms with Gasteiger partial charge in [-0.25, -0.2) is 0 Å². The van der Waals surface area contributed by atoms with Crippen LogP contribution in [0, 0.1) is 5.92 Å². The lowest BCUT2D eigenvalue weighted by molar-refractivity contribution is 0.373. The number of rotatable bonds is 5. The van der Waals surface area contributed by atoms with Gasteiger partial charge in [0, 0.05) is 17.1 Å². The molecular formula is C18H26N2. The Bertz CT molecular complexity index is 549. The van der Waals surface area contributed by atoms with E-state index < -0.39 is 0 Å². The molecule has 20 heavy (non-hydrogen) atoms. The number of para-hydroxylation sites is 1. The molecule has 1 unspecified atom stereocenters. The number of fused-ring (bicyclic) bond motifs is 1. The Morgan fingerprint density at radius 2 is 1.90 bits per heavy atom. The lowest BCUT2D eigenvalue weighted by atomic mass is 9.97. The summed E-state index contributed by atoms with van der Waals surface area (Å²) < 4.78 is 0. The number of hydrogen-bond donors (Lipinski definition) is 1. The lowest BCUT2D eigenvalue weighted by Gasteiger charge is -2.23. The van der Waals surface area contributed by atoms with Crippen molar-refractivity contribution >= 4 is 10.9 Å². The Kier molecular flexibility index (Phi) is 4.77. The van der Waals surface area contributed by atoms with Gasteiger partial charge in [0.25, 0.3) is 0 Å². The van der Waals surface area contributed by atoms with Crippen LogP contribution in [0.2, 0.25) is 0 Å². The molecule has 1 aromatic carbocycles. The van der Waals surface area contributed by atoms with Gasteiger partial charge >= 0.3 is 0 Å². The van der Waals surface area contributed by atoms with Crippen molar-refractivity contribution < 1.29 is 0 Å². The Hall–Kier alpha value is -1.41. The number of nitrogens with zero attached hydrogens (tertiary/aromatic N) is 1. The highest BCUT2D eigenvalue weighted by molar-refractivity contribution is 5.81. The van der Waals surface area contributed by atoms with Crippen molar-refractivity contribution in [1.82, 2.24) is 10.3 Å². The first-order valence-electron chi connectivity index (χ1n) is 7.53. The Balaban J connectivity index is 1.96.